The zero-order valence-electron chi connectivity index (χ0n) is 7.60. The highest BCUT2D eigenvalue weighted by Crippen LogP contribution is 2.38. The Morgan fingerprint density at radius 2 is 2.18 bits per heavy atom. The molecule has 1 saturated carbocycles. The molecule has 1 aliphatic rings. The number of ether oxygens (including phenoxy) is 1. The molecule has 0 aliphatic heterocycles. The van der Waals surface area contributed by atoms with E-state index in [-0.39, 0.29) is 5.60 Å². The van der Waals surface area contributed by atoms with Crippen LogP contribution in [0, 0.1) is 0 Å². The van der Waals surface area contributed by atoms with Gasteiger partial charge in [0.05, 0.1) is 5.60 Å². The molecule has 0 bridgehead atoms. The van der Waals surface area contributed by atoms with Crippen molar-refractivity contribution in [3.63, 3.8) is 0 Å². The summed E-state index contributed by atoms with van der Waals surface area (Å²) < 4.78 is 5.49. The largest absolute Gasteiger partial charge is 0.378 e. The highest BCUT2D eigenvalue weighted by atomic mass is 16.5. The Kier molecular flexibility index (Phi) is 3.13. The Morgan fingerprint density at radius 1 is 1.45 bits per heavy atom. The van der Waals surface area contributed by atoms with Crippen molar-refractivity contribution in [2.24, 2.45) is 0 Å². The molecule has 0 aromatic heterocycles. The van der Waals surface area contributed by atoms with Crippen molar-refractivity contribution in [2.45, 2.75) is 44.6 Å². The minimum atomic E-state index is 0.263. The summed E-state index contributed by atoms with van der Waals surface area (Å²) in [5.41, 5.74) is 0.263. The van der Waals surface area contributed by atoms with Crippen molar-refractivity contribution >= 4 is 0 Å². The Balaban J connectivity index is 2.21. The van der Waals surface area contributed by atoms with E-state index in [2.05, 4.69) is 19.1 Å². The van der Waals surface area contributed by atoms with Gasteiger partial charge in [0.25, 0.3) is 0 Å². The fraction of sp³-hybridized carbons (Fsp3) is 0.800. The van der Waals surface area contributed by atoms with E-state index in [4.69, 9.17) is 4.74 Å². The quantitative estimate of drug-likeness (QED) is 0.566. The van der Waals surface area contributed by atoms with Crippen molar-refractivity contribution in [1.29, 1.82) is 0 Å². The van der Waals surface area contributed by atoms with Gasteiger partial charge < -0.3 is 4.74 Å². The van der Waals surface area contributed by atoms with Crippen LogP contribution in [0.5, 0.6) is 0 Å². The van der Waals surface area contributed by atoms with Gasteiger partial charge in [0.1, 0.15) is 0 Å². The lowest BCUT2D eigenvalue weighted by Gasteiger charge is -2.40. The molecule has 0 saturated heterocycles. The normalized spacial score (nSPS) is 22.0. The van der Waals surface area contributed by atoms with Gasteiger partial charge in [-0.1, -0.05) is 12.2 Å². The number of hydrogen-bond acceptors (Lipinski definition) is 1. The molecule has 0 aromatic rings. The van der Waals surface area contributed by atoms with Gasteiger partial charge in [-0.2, -0.15) is 0 Å². The number of hydrogen-bond donors (Lipinski definition) is 0. The molecule has 11 heavy (non-hydrogen) atoms. The molecule has 1 rings (SSSR count). The minimum Gasteiger partial charge on any atom is -0.378 e. The lowest BCUT2D eigenvalue weighted by atomic mass is 9.77. The maximum Gasteiger partial charge on any atom is 0.0681 e. The molecule has 0 spiro atoms. The van der Waals surface area contributed by atoms with Crippen LogP contribution in [0.1, 0.15) is 39.0 Å². The zero-order valence-corrected chi connectivity index (χ0v) is 7.60. The molecule has 1 aliphatic carbocycles. The Bertz CT molecular complexity index is 128. The second-order valence-electron chi connectivity index (χ2n) is 3.35. The predicted octanol–water partition coefficient (Wildman–Crippen LogP) is 2.91. The molecule has 0 aromatic carbocycles. The smallest absolute Gasteiger partial charge is 0.0681 e. The second kappa shape index (κ2) is 3.91. The van der Waals surface area contributed by atoms with Crippen molar-refractivity contribution in [3.05, 3.63) is 12.2 Å². The highest BCUT2D eigenvalue weighted by molar-refractivity contribution is 4.92. The van der Waals surface area contributed by atoms with E-state index in [0.717, 1.165) is 0 Å². The average molecular weight is 154 g/mol. The third-order valence-corrected chi connectivity index (χ3v) is 2.70. The summed E-state index contributed by atoms with van der Waals surface area (Å²) >= 11 is 0. The molecule has 1 fully saturated rings. The van der Waals surface area contributed by atoms with Crippen molar-refractivity contribution < 1.29 is 4.74 Å². The first-order chi connectivity index (χ1) is 5.33. The Morgan fingerprint density at radius 3 is 2.55 bits per heavy atom. The van der Waals surface area contributed by atoms with Crippen molar-refractivity contribution in [3.8, 4) is 0 Å². The van der Waals surface area contributed by atoms with Crippen LogP contribution in [-0.2, 0) is 4.74 Å². The van der Waals surface area contributed by atoms with E-state index in [1.54, 1.807) is 0 Å². The number of methoxy groups -OCH3 is 1. The van der Waals surface area contributed by atoms with E-state index >= 15 is 0 Å². The topological polar surface area (TPSA) is 9.23 Å². The standard InChI is InChI=1S/C10H18O/c1-3-4-5-7-10(11-2)8-6-9-10/h3-4H,5-9H2,1-2H3/b4-3+. The van der Waals surface area contributed by atoms with Crippen molar-refractivity contribution in [2.75, 3.05) is 7.11 Å². The first-order valence-electron chi connectivity index (χ1n) is 4.49. The molecule has 1 nitrogen and oxygen atoms in total. The summed E-state index contributed by atoms with van der Waals surface area (Å²) in [6, 6.07) is 0. The van der Waals surface area contributed by atoms with E-state index in [9.17, 15) is 0 Å². The summed E-state index contributed by atoms with van der Waals surface area (Å²) in [4.78, 5) is 0. The maximum absolute atomic E-state index is 5.49. The third kappa shape index (κ3) is 2.06. The van der Waals surface area contributed by atoms with Crippen LogP contribution in [0.4, 0.5) is 0 Å². The summed E-state index contributed by atoms with van der Waals surface area (Å²) in [6.45, 7) is 2.07. The van der Waals surface area contributed by atoms with Gasteiger partial charge in [0.2, 0.25) is 0 Å². The van der Waals surface area contributed by atoms with Crippen LogP contribution in [0.25, 0.3) is 0 Å². The fourth-order valence-corrected chi connectivity index (χ4v) is 1.64. The van der Waals surface area contributed by atoms with Gasteiger partial charge in [-0.05, 0) is 39.0 Å². The molecular weight excluding hydrogens is 136 g/mol. The van der Waals surface area contributed by atoms with Gasteiger partial charge in [-0.25, -0.2) is 0 Å². The number of rotatable bonds is 4. The summed E-state index contributed by atoms with van der Waals surface area (Å²) in [7, 11) is 1.84. The third-order valence-electron chi connectivity index (χ3n) is 2.70. The zero-order chi connectivity index (χ0) is 8.16. The second-order valence-corrected chi connectivity index (χ2v) is 3.35. The monoisotopic (exact) mass is 154 g/mol. The summed E-state index contributed by atoms with van der Waals surface area (Å²) in [5, 5.41) is 0. The summed E-state index contributed by atoms with van der Waals surface area (Å²) in [5.74, 6) is 0. The van der Waals surface area contributed by atoms with Gasteiger partial charge in [-0.3, -0.25) is 0 Å². The van der Waals surface area contributed by atoms with E-state index < -0.39 is 0 Å². The molecule has 0 N–H and O–H groups in total. The van der Waals surface area contributed by atoms with E-state index in [1.807, 2.05) is 7.11 Å². The van der Waals surface area contributed by atoms with E-state index in [1.165, 1.54) is 32.1 Å². The van der Waals surface area contributed by atoms with Gasteiger partial charge in [0.15, 0.2) is 0 Å². The lowest BCUT2D eigenvalue weighted by molar-refractivity contribution is -0.0767. The first kappa shape index (κ1) is 8.79. The van der Waals surface area contributed by atoms with Crippen LogP contribution >= 0.6 is 0 Å². The van der Waals surface area contributed by atoms with Crippen LogP contribution < -0.4 is 0 Å². The Hall–Kier alpha value is -0.300. The van der Waals surface area contributed by atoms with E-state index in [0.29, 0.717) is 0 Å². The molecule has 0 atom stereocenters. The molecule has 64 valence electrons. The fourth-order valence-electron chi connectivity index (χ4n) is 1.64. The first-order valence-corrected chi connectivity index (χ1v) is 4.49. The molecule has 0 heterocycles. The van der Waals surface area contributed by atoms with Crippen LogP contribution in [0.15, 0.2) is 12.2 Å². The van der Waals surface area contributed by atoms with Gasteiger partial charge >= 0.3 is 0 Å². The van der Waals surface area contributed by atoms with Gasteiger partial charge in [0, 0.05) is 7.11 Å². The molecular formula is C10H18O. The van der Waals surface area contributed by atoms with Gasteiger partial charge in [-0.15, -0.1) is 0 Å². The SMILES string of the molecule is C/C=C/CCC1(OC)CCC1. The minimum absolute atomic E-state index is 0.263. The molecule has 1 heteroatoms. The predicted molar refractivity (Wildman–Crippen MR) is 47.6 cm³/mol. The lowest BCUT2D eigenvalue weighted by Crippen LogP contribution is -2.38. The maximum atomic E-state index is 5.49. The Labute approximate surface area is 69.4 Å². The van der Waals surface area contributed by atoms with Crippen LogP contribution in [0.2, 0.25) is 0 Å². The molecule has 0 radical (unpaired) electrons. The molecule has 0 unspecified atom stereocenters. The van der Waals surface area contributed by atoms with Crippen LogP contribution in [-0.4, -0.2) is 12.7 Å². The van der Waals surface area contributed by atoms with Crippen LogP contribution in [0.3, 0.4) is 0 Å². The molecule has 0 amide bonds. The average Bonchev–Trinajstić information content (AvgIpc) is 1.95. The highest BCUT2D eigenvalue weighted by Gasteiger charge is 2.35. The van der Waals surface area contributed by atoms with Crippen molar-refractivity contribution in [1.82, 2.24) is 0 Å². The number of allylic oxidation sites excluding steroid dienone is 2. The summed E-state index contributed by atoms with van der Waals surface area (Å²) in [6.07, 6.45) is 10.6.